The van der Waals surface area contributed by atoms with Crippen LogP contribution in [-0.4, -0.2) is 18.9 Å². The number of hydrogen-bond acceptors (Lipinski definition) is 4. The van der Waals surface area contributed by atoms with Gasteiger partial charge in [0.05, 0.1) is 30.2 Å². The number of ether oxygens (including phenoxy) is 1. The number of hydrogen-bond donors (Lipinski definition) is 0. The van der Waals surface area contributed by atoms with Crippen molar-refractivity contribution >= 4 is 12.3 Å². The Hall–Kier alpha value is -2.36. The summed E-state index contributed by atoms with van der Waals surface area (Å²) in [6.45, 7) is 1.64. The Bertz CT molecular complexity index is 573. The third kappa shape index (κ3) is 3.35. The molecule has 0 aliphatic carbocycles. The van der Waals surface area contributed by atoms with Gasteiger partial charge in [-0.25, -0.2) is 0 Å². The minimum Gasteiger partial charge on any atom is -0.466 e. The van der Waals surface area contributed by atoms with Gasteiger partial charge in [0.1, 0.15) is 0 Å². The summed E-state index contributed by atoms with van der Waals surface area (Å²) in [4.78, 5) is 22.3. The fraction of sp³-hybridized carbons (Fsp3) is 0.308. The molecule has 7 heteroatoms. The van der Waals surface area contributed by atoms with Crippen LogP contribution >= 0.6 is 0 Å². The fourth-order valence-corrected chi connectivity index (χ4v) is 1.72. The van der Waals surface area contributed by atoms with E-state index in [0.29, 0.717) is 0 Å². The molecular formula is C13H10F3NO3. The molecule has 0 unspecified atom stereocenters. The molecular weight excluding hydrogens is 275 g/mol. The predicted molar refractivity (Wildman–Crippen MR) is 61.9 cm³/mol. The molecule has 0 saturated carbocycles. The molecule has 106 valence electrons. The number of carbonyl (C=O) groups is 2. The lowest BCUT2D eigenvalue weighted by atomic mass is 9.95. The first-order chi connectivity index (χ1) is 9.35. The molecule has 20 heavy (non-hydrogen) atoms. The van der Waals surface area contributed by atoms with Crippen LogP contribution in [0.3, 0.4) is 0 Å². The molecule has 4 nitrogen and oxygen atoms in total. The van der Waals surface area contributed by atoms with E-state index in [1.54, 1.807) is 6.92 Å². The second-order valence-corrected chi connectivity index (χ2v) is 3.77. The van der Waals surface area contributed by atoms with Crippen LogP contribution in [0.1, 0.15) is 34.0 Å². The number of alkyl halides is 3. The Labute approximate surface area is 112 Å². The fourth-order valence-electron chi connectivity index (χ4n) is 1.72. The molecule has 0 bridgehead atoms. The van der Waals surface area contributed by atoms with E-state index in [2.05, 4.69) is 4.74 Å². The van der Waals surface area contributed by atoms with Gasteiger partial charge in [-0.1, -0.05) is 6.07 Å². The molecule has 0 aromatic heterocycles. The van der Waals surface area contributed by atoms with Crippen molar-refractivity contribution in [2.24, 2.45) is 0 Å². The summed E-state index contributed by atoms with van der Waals surface area (Å²) in [5.41, 5.74) is -2.81. The predicted octanol–water partition coefficient (Wildman–Crippen LogP) is 2.50. The van der Waals surface area contributed by atoms with E-state index in [4.69, 9.17) is 5.26 Å². The molecule has 0 spiro atoms. The van der Waals surface area contributed by atoms with Gasteiger partial charge < -0.3 is 4.74 Å². The molecule has 0 amide bonds. The number of esters is 1. The van der Waals surface area contributed by atoms with Crippen molar-refractivity contribution in [3.63, 3.8) is 0 Å². The molecule has 1 aromatic rings. The van der Waals surface area contributed by atoms with Crippen molar-refractivity contribution < 1.29 is 27.5 Å². The molecule has 0 aliphatic heterocycles. The molecule has 0 atom stereocenters. The summed E-state index contributed by atoms with van der Waals surface area (Å²) in [5.74, 6) is -0.742. The van der Waals surface area contributed by atoms with Gasteiger partial charge in [-0.05, 0) is 18.6 Å². The van der Waals surface area contributed by atoms with Gasteiger partial charge in [0.15, 0.2) is 6.29 Å². The molecule has 1 aromatic carbocycles. The van der Waals surface area contributed by atoms with Crippen molar-refractivity contribution in [1.29, 1.82) is 5.26 Å². The minimum absolute atomic E-state index is 0.00176. The number of nitrogens with zero attached hydrogens (tertiary/aromatic N) is 1. The first-order valence-electron chi connectivity index (χ1n) is 5.59. The summed E-state index contributed by atoms with van der Waals surface area (Å²) in [6.07, 6.45) is -5.32. The van der Waals surface area contributed by atoms with Gasteiger partial charge in [0.2, 0.25) is 0 Å². The average Bonchev–Trinajstić information content (AvgIpc) is 2.37. The van der Waals surface area contributed by atoms with E-state index in [9.17, 15) is 22.8 Å². The van der Waals surface area contributed by atoms with Crippen LogP contribution in [0.5, 0.6) is 0 Å². The van der Waals surface area contributed by atoms with Gasteiger partial charge in [0.25, 0.3) is 0 Å². The second kappa shape index (κ2) is 6.19. The van der Waals surface area contributed by atoms with E-state index in [-0.39, 0.29) is 18.5 Å². The molecule has 0 radical (unpaired) electrons. The quantitative estimate of drug-likeness (QED) is 0.629. The lowest BCUT2D eigenvalue weighted by Crippen LogP contribution is -2.16. The van der Waals surface area contributed by atoms with E-state index >= 15 is 0 Å². The SMILES string of the molecule is CCOC(=O)Cc1ccc(C#N)c(C(F)(F)F)c1C=O. The Morgan fingerprint density at radius 3 is 2.55 bits per heavy atom. The summed E-state index contributed by atoms with van der Waals surface area (Å²) in [5, 5.41) is 8.70. The average molecular weight is 285 g/mol. The largest absolute Gasteiger partial charge is 0.466 e. The standard InChI is InChI=1S/C13H10F3NO3/c1-2-20-11(19)5-8-3-4-9(6-17)12(10(8)7-18)13(14,15)16/h3-4,7H,2,5H2,1H3. The molecule has 0 saturated heterocycles. The minimum atomic E-state index is -4.86. The number of nitriles is 1. The van der Waals surface area contributed by atoms with Gasteiger partial charge >= 0.3 is 12.1 Å². The third-order valence-corrected chi connectivity index (χ3v) is 2.50. The van der Waals surface area contributed by atoms with Crippen LogP contribution in [0.4, 0.5) is 13.2 Å². The number of carbonyl (C=O) groups excluding carboxylic acids is 2. The van der Waals surface area contributed by atoms with Crippen LogP contribution in [0, 0.1) is 11.3 Å². The maximum atomic E-state index is 12.9. The lowest BCUT2D eigenvalue weighted by Gasteiger charge is -2.14. The third-order valence-electron chi connectivity index (χ3n) is 2.50. The van der Waals surface area contributed by atoms with Crippen molar-refractivity contribution in [2.75, 3.05) is 6.61 Å². The van der Waals surface area contributed by atoms with Crippen LogP contribution in [0.25, 0.3) is 0 Å². The highest BCUT2D eigenvalue weighted by molar-refractivity contribution is 5.85. The monoisotopic (exact) mass is 285 g/mol. The van der Waals surface area contributed by atoms with Crippen molar-refractivity contribution in [3.8, 4) is 6.07 Å². The summed E-state index contributed by atoms with van der Waals surface area (Å²) >= 11 is 0. The number of halogens is 3. The highest BCUT2D eigenvalue weighted by Gasteiger charge is 2.37. The maximum Gasteiger partial charge on any atom is 0.418 e. The normalized spacial score (nSPS) is 10.8. The first-order valence-corrected chi connectivity index (χ1v) is 5.59. The maximum absolute atomic E-state index is 12.9. The summed E-state index contributed by atoms with van der Waals surface area (Å²) < 4.78 is 43.4. The van der Waals surface area contributed by atoms with E-state index < -0.39 is 35.3 Å². The van der Waals surface area contributed by atoms with E-state index in [0.717, 1.165) is 12.1 Å². The molecule has 0 fully saturated rings. The van der Waals surface area contributed by atoms with Crippen LogP contribution < -0.4 is 0 Å². The Kier molecular flexibility index (Phi) is 4.86. The topological polar surface area (TPSA) is 67.2 Å². The van der Waals surface area contributed by atoms with Crippen LogP contribution in [-0.2, 0) is 22.1 Å². The van der Waals surface area contributed by atoms with Crippen molar-refractivity contribution in [3.05, 3.63) is 34.4 Å². The zero-order chi connectivity index (χ0) is 15.3. The zero-order valence-corrected chi connectivity index (χ0v) is 10.5. The smallest absolute Gasteiger partial charge is 0.418 e. The van der Waals surface area contributed by atoms with Crippen molar-refractivity contribution in [1.82, 2.24) is 0 Å². The second-order valence-electron chi connectivity index (χ2n) is 3.77. The molecule has 1 rings (SSSR count). The van der Waals surface area contributed by atoms with Gasteiger partial charge in [-0.3, -0.25) is 9.59 Å². The molecule has 0 heterocycles. The highest BCUT2D eigenvalue weighted by Crippen LogP contribution is 2.35. The van der Waals surface area contributed by atoms with Gasteiger partial charge in [-0.2, -0.15) is 18.4 Å². The van der Waals surface area contributed by atoms with Crippen molar-refractivity contribution in [2.45, 2.75) is 19.5 Å². The van der Waals surface area contributed by atoms with Gasteiger partial charge in [0, 0.05) is 5.56 Å². The first kappa shape index (κ1) is 15.7. The lowest BCUT2D eigenvalue weighted by molar-refractivity contribution is -0.142. The summed E-state index contributed by atoms with van der Waals surface area (Å²) in [6, 6.07) is 3.47. The van der Waals surface area contributed by atoms with E-state index in [1.165, 1.54) is 6.07 Å². The Balaban J connectivity index is 3.39. The van der Waals surface area contributed by atoms with Gasteiger partial charge in [-0.15, -0.1) is 0 Å². The highest BCUT2D eigenvalue weighted by atomic mass is 19.4. The number of aldehydes is 1. The molecule has 0 aliphatic rings. The Morgan fingerprint density at radius 2 is 2.10 bits per heavy atom. The Morgan fingerprint density at radius 1 is 1.45 bits per heavy atom. The van der Waals surface area contributed by atoms with Crippen LogP contribution in [0.2, 0.25) is 0 Å². The zero-order valence-electron chi connectivity index (χ0n) is 10.5. The van der Waals surface area contributed by atoms with E-state index in [1.807, 2.05) is 0 Å². The van der Waals surface area contributed by atoms with Crippen LogP contribution in [0.15, 0.2) is 12.1 Å². The number of rotatable bonds is 4. The summed E-state index contributed by atoms with van der Waals surface area (Å²) in [7, 11) is 0. The number of benzene rings is 1. The molecule has 0 N–H and O–H groups in total.